The molecule has 1 aromatic rings. The van der Waals surface area contributed by atoms with Gasteiger partial charge in [0.05, 0.1) is 0 Å². The number of halogens is 1. The summed E-state index contributed by atoms with van der Waals surface area (Å²) in [4.78, 5) is 0. The molecule has 0 spiro atoms. The molecule has 2 heteroatoms. The van der Waals surface area contributed by atoms with Crippen molar-refractivity contribution >= 4 is 41.3 Å². The van der Waals surface area contributed by atoms with Crippen LogP contribution in [0.1, 0.15) is 11.1 Å². The Labute approximate surface area is 86.3 Å². The summed E-state index contributed by atoms with van der Waals surface area (Å²) in [5, 5.41) is 1.76. The van der Waals surface area contributed by atoms with Crippen molar-refractivity contribution in [3.05, 3.63) is 38.3 Å². The number of aryl methyl sites for hydroxylation is 1. The lowest BCUT2D eigenvalue weighted by Gasteiger charge is -1.98. The number of thiol groups is 1. The molecule has 58 valence electrons. The molecule has 1 aromatic carbocycles. The molecule has 0 atom stereocenters. The molecule has 0 nitrogen and oxygen atoms in total. The average Bonchev–Trinajstić information content (AvgIpc) is 1.98. The lowest BCUT2D eigenvalue weighted by atomic mass is 10.1. The lowest BCUT2D eigenvalue weighted by Crippen LogP contribution is -1.80. The minimum Gasteiger partial charge on any atom is -0.151 e. The minimum absolute atomic E-state index is 1.24. The number of hydrogen-bond donors (Lipinski definition) is 1. The molecule has 0 aromatic heterocycles. The van der Waals surface area contributed by atoms with Crippen molar-refractivity contribution in [1.29, 1.82) is 0 Å². The van der Waals surface area contributed by atoms with E-state index in [0.29, 0.717) is 0 Å². The second-order valence-electron chi connectivity index (χ2n) is 2.34. The van der Waals surface area contributed by atoms with E-state index >= 15 is 0 Å². The quantitative estimate of drug-likeness (QED) is 0.589. The van der Waals surface area contributed by atoms with E-state index < -0.39 is 0 Å². The van der Waals surface area contributed by atoms with E-state index in [4.69, 9.17) is 0 Å². The van der Waals surface area contributed by atoms with Crippen LogP contribution in [0.5, 0.6) is 0 Å². The van der Waals surface area contributed by atoms with Gasteiger partial charge in [0.2, 0.25) is 0 Å². The lowest BCUT2D eigenvalue weighted by molar-refractivity contribution is 1.44. The maximum absolute atomic E-state index is 4.03. The molecule has 11 heavy (non-hydrogen) atoms. The molecule has 0 aliphatic heterocycles. The fraction of sp³-hybridized carbons (Fsp3) is 0.111. The molecule has 0 bridgehead atoms. The maximum atomic E-state index is 4.03. The molecule has 0 aliphatic rings. The van der Waals surface area contributed by atoms with Crippen molar-refractivity contribution < 1.29 is 0 Å². The Hall–Kier alpha value is 0.0400. The van der Waals surface area contributed by atoms with Gasteiger partial charge in [0, 0.05) is 3.57 Å². The van der Waals surface area contributed by atoms with Crippen LogP contribution >= 0.6 is 35.2 Å². The first-order chi connectivity index (χ1) is 5.24. The van der Waals surface area contributed by atoms with Gasteiger partial charge in [0.1, 0.15) is 0 Å². The van der Waals surface area contributed by atoms with Crippen molar-refractivity contribution in [3.8, 4) is 0 Å². The molecule has 0 saturated heterocycles. The molecule has 0 aliphatic carbocycles. The topological polar surface area (TPSA) is 0 Å². The van der Waals surface area contributed by atoms with E-state index in [9.17, 15) is 0 Å². The predicted molar refractivity (Wildman–Crippen MR) is 61.9 cm³/mol. The second kappa shape index (κ2) is 4.16. The first-order valence-electron chi connectivity index (χ1n) is 3.31. The van der Waals surface area contributed by atoms with Crippen molar-refractivity contribution in [2.75, 3.05) is 0 Å². The molecule has 0 saturated carbocycles. The van der Waals surface area contributed by atoms with Crippen molar-refractivity contribution in [2.45, 2.75) is 6.92 Å². The Balaban J connectivity index is 3.12. The molecule has 0 radical (unpaired) electrons. The third-order valence-corrected chi connectivity index (χ3v) is 2.54. The van der Waals surface area contributed by atoms with Gasteiger partial charge in [-0.15, -0.1) is 0 Å². The van der Waals surface area contributed by atoms with Crippen LogP contribution < -0.4 is 0 Å². The number of benzene rings is 1. The molecule has 0 heterocycles. The normalized spacial score (nSPS) is 10.8. The van der Waals surface area contributed by atoms with Crippen molar-refractivity contribution in [2.24, 2.45) is 0 Å². The zero-order chi connectivity index (χ0) is 8.27. The van der Waals surface area contributed by atoms with Crippen LogP contribution in [-0.2, 0) is 0 Å². The van der Waals surface area contributed by atoms with Gasteiger partial charge in [0.25, 0.3) is 0 Å². The molecule has 0 amide bonds. The summed E-state index contributed by atoms with van der Waals surface area (Å²) in [5.74, 6) is 0. The van der Waals surface area contributed by atoms with Gasteiger partial charge in [0.15, 0.2) is 0 Å². The third kappa shape index (κ3) is 2.52. The van der Waals surface area contributed by atoms with E-state index in [2.05, 4.69) is 60.3 Å². The van der Waals surface area contributed by atoms with Gasteiger partial charge in [-0.05, 0) is 52.6 Å². The molecular weight excluding hydrogens is 267 g/mol. The number of rotatable bonds is 1. The largest absolute Gasteiger partial charge is 0.151 e. The highest BCUT2D eigenvalue weighted by Gasteiger charge is 1.93. The van der Waals surface area contributed by atoms with Crippen molar-refractivity contribution in [3.63, 3.8) is 0 Å². The van der Waals surface area contributed by atoms with Crippen LogP contribution in [0.3, 0.4) is 0 Å². The summed E-state index contributed by atoms with van der Waals surface area (Å²) < 4.78 is 1.26. The Morgan fingerprint density at radius 2 is 2.18 bits per heavy atom. The smallest absolute Gasteiger partial charge is 0.0203 e. The SMILES string of the molecule is Cc1ccc(I)c(/C=C\S)c1. The Bertz CT molecular complexity index is 279. The Morgan fingerprint density at radius 3 is 2.82 bits per heavy atom. The highest BCUT2D eigenvalue weighted by atomic mass is 127. The fourth-order valence-electron chi connectivity index (χ4n) is 0.871. The predicted octanol–water partition coefficient (Wildman–Crippen LogP) is 3.50. The molecular formula is C9H9IS. The van der Waals surface area contributed by atoms with Crippen molar-refractivity contribution in [1.82, 2.24) is 0 Å². The molecule has 0 N–H and O–H groups in total. The van der Waals surface area contributed by atoms with E-state index in [1.165, 1.54) is 14.7 Å². The first kappa shape index (κ1) is 9.13. The second-order valence-corrected chi connectivity index (χ2v) is 3.80. The monoisotopic (exact) mass is 276 g/mol. The van der Waals surface area contributed by atoms with Gasteiger partial charge < -0.3 is 0 Å². The average molecular weight is 276 g/mol. The van der Waals surface area contributed by atoms with Gasteiger partial charge in [-0.25, -0.2) is 0 Å². The standard InChI is InChI=1S/C9H9IS/c1-7-2-3-9(10)8(6-7)4-5-11/h2-6,11H,1H3/b5-4-. The first-order valence-corrected chi connectivity index (χ1v) is 4.90. The van der Waals surface area contributed by atoms with Crippen LogP contribution in [0.4, 0.5) is 0 Å². The van der Waals surface area contributed by atoms with Crippen LogP contribution in [-0.4, -0.2) is 0 Å². The summed E-state index contributed by atoms with van der Waals surface area (Å²) in [7, 11) is 0. The number of hydrogen-bond acceptors (Lipinski definition) is 1. The zero-order valence-corrected chi connectivity index (χ0v) is 9.26. The minimum atomic E-state index is 1.24. The molecule has 0 fully saturated rings. The zero-order valence-electron chi connectivity index (χ0n) is 6.21. The summed E-state index contributed by atoms with van der Waals surface area (Å²) in [5.41, 5.74) is 2.52. The Morgan fingerprint density at radius 1 is 1.45 bits per heavy atom. The van der Waals surface area contributed by atoms with Gasteiger partial charge >= 0.3 is 0 Å². The maximum Gasteiger partial charge on any atom is 0.0203 e. The van der Waals surface area contributed by atoms with Crippen LogP contribution in [0.25, 0.3) is 6.08 Å². The highest BCUT2D eigenvalue weighted by molar-refractivity contribution is 14.1. The van der Waals surface area contributed by atoms with Crippen LogP contribution in [0, 0.1) is 10.5 Å². The molecule has 0 unspecified atom stereocenters. The van der Waals surface area contributed by atoms with Gasteiger partial charge in [-0.3, -0.25) is 0 Å². The Kier molecular flexibility index (Phi) is 3.45. The van der Waals surface area contributed by atoms with E-state index in [1.807, 2.05) is 6.08 Å². The van der Waals surface area contributed by atoms with E-state index in [0.717, 1.165) is 0 Å². The van der Waals surface area contributed by atoms with Gasteiger partial charge in [-0.2, -0.15) is 12.6 Å². The summed E-state index contributed by atoms with van der Waals surface area (Å²) in [6.45, 7) is 2.09. The highest BCUT2D eigenvalue weighted by Crippen LogP contribution is 2.15. The van der Waals surface area contributed by atoms with Crippen LogP contribution in [0.15, 0.2) is 23.6 Å². The molecule has 1 rings (SSSR count). The van der Waals surface area contributed by atoms with Gasteiger partial charge in [-0.1, -0.05) is 17.7 Å². The fourth-order valence-corrected chi connectivity index (χ4v) is 1.55. The summed E-state index contributed by atoms with van der Waals surface area (Å²) in [6.07, 6.45) is 2.00. The summed E-state index contributed by atoms with van der Waals surface area (Å²) >= 11 is 6.34. The third-order valence-electron chi connectivity index (χ3n) is 1.41. The van der Waals surface area contributed by atoms with E-state index in [-0.39, 0.29) is 0 Å². The summed E-state index contributed by atoms with van der Waals surface area (Å²) in [6, 6.07) is 6.37. The van der Waals surface area contributed by atoms with Crippen LogP contribution in [0.2, 0.25) is 0 Å². The van der Waals surface area contributed by atoms with E-state index in [1.54, 1.807) is 5.41 Å².